The number of amides is 2. The molecule has 0 bridgehead atoms. The van der Waals surface area contributed by atoms with Gasteiger partial charge in [-0.15, -0.1) is 0 Å². The van der Waals surface area contributed by atoms with Crippen molar-refractivity contribution in [2.24, 2.45) is 0 Å². The van der Waals surface area contributed by atoms with E-state index in [2.05, 4.69) is 20.5 Å². The van der Waals surface area contributed by atoms with Crippen LogP contribution in [-0.4, -0.2) is 42.1 Å². The molecule has 8 heteroatoms. The number of hydrogen-bond donors (Lipinski definition) is 2. The smallest absolute Gasteiger partial charge is 0.257 e. The highest BCUT2D eigenvalue weighted by atomic mass is 35.5. The Kier molecular flexibility index (Phi) is 6.91. The Labute approximate surface area is 197 Å². The number of aromatic nitrogens is 1. The zero-order valence-electron chi connectivity index (χ0n) is 18.4. The lowest BCUT2D eigenvalue weighted by molar-refractivity contribution is -0.00546. The Bertz CT molecular complexity index is 1130. The fourth-order valence-corrected chi connectivity index (χ4v) is 3.92. The number of ether oxygens (including phenoxy) is 1. The number of nitrogens with one attached hydrogen (secondary N) is 2. The summed E-state index contributed by atoms with van der Waals surface area (Å²) in [4.78, 5) is 31.8. The second-order valence-corrected chi connectivity index (χ2v) is 8.44. The van der Waals surface area contributed by atoms with Crippen LogP contribution in [0.4, 0.5) is 17.2 Å². The monoisotopic (exact) mass is 464 g/mol. The summed E-state index contributed by atoms with van der Waals surface area (Å²) in [6.45, 7) is 5.58. The van der Waals surface area contributed by atoms with Crippen LogP contribution in [0.1, 0.15) is 34.6 Å². The Hall–Kier alpha value is -3.42. The van der Waals surface area contributed by atoms with Gasteiger partial charge >= 0.3 is 0 Å². The van der Waals surface area contributed by atoms with Gasteiger partial charge in [-0.05, 0) is 56.3 Å². The largest absolute Gasteiger partial charge is 0.372 e. The molecule has 2 amide bonds. The zero-order chi connectivity index (χ0) is 23.4. The van der Waals surface area contributed by atoms with Crippen LogP contribution in [0.3, 0.4) is 0 Å². The molecule has 2 atom stereocenters. The third-order valence-corrected chi connectivity index (χ3v) is 5.59. The average Bonchev–Trinajstić information content (AvgIpc) is 2.81. The van der Waals surface area contributed by atoms with Crippen LogP contribution in [-0.2, 0) is 4.74 Å². The van der Waals surface area contributed by atoms with E-state index in [1.165, 1.54) is 0 Å². The van der Waals surface area contributed by atoms with Gasteiger partial charge in [0.05, 0.1) is 28.5 Å². The topological polar surface area (TPSA) is 83.6 Å². The summed E-state index contributed by atoms with van der Waals surface area (Å²) < 4.78 is 5.76. The quantitative estimate of drug-likeness (QED) is 0.563. The maximum absolute atomic E-state index is 12.7. The first-order valence-electron chi connectivity index (χ1n) is 10.7. The third-order valence-electron chi connectivity index (χ3n) is 5.26. The molecule has 1 fully saturated rings. The number of carbonyl (C=O) groups is 2. The molecule has 1 aliphatic rings. The molecule has 33 heavy (non-hydrogen) atoms. The van der Waals surface area contributed by atoms with Gasteiger partial charge in [0.25, 0.3) is 11.8 Å². The molecule has 2 unspecified atom stereocenters. The van der Waals surface area contributed by atoms with E-state index >= 15 is 0 Å². The number of hydrogen-bond acceptors (Lipinski definition) is 5. The molecule has 2 aromatic carbocycles. The standard InChI is InChI=1S/C25H25ClN4O3/c1-16-14-30(15-17(2)33-16)23-11-8-19(13-27-23)25(32)28-20-9-10-21(26)22(12-20)29-24(31)18-6-4-3-5-7-18/h3-13,16-17H,14-15H2,1-2H3,(H,28,32)(H,29,31). The highest BCUT2D eigenvalue weighted by Gasteiger charge is 2.23. The fourth-order valence-electron chi connectivity index (χ4n) is 3.76. The molecule has 170 valence electrons. The lowest BCUT2D eigenvalue weighted by Gasteiger charge is -2.36. The second-order valence-electron chi connectivity index (χ2n) is 8.04. The number of anilines is 3. The van der Waals surface area contributed by atoms with E-state index in [0.717, 1.165) is 18.9 Å². The molecule has 0 aliphatic carbocycles. The lowest BCUT2D eigenvalue weighted by atomic mass is 10.2. The van der Waals surface area contributed by atoms with Crippen molar-refractivity contribution in [2.75, 3.05) is 28.6 Å². The Morgan fingerprint density at radius 2 is 1.64 bits per heavy atom. The average molecular weight is 465 g/mol. The second kappa shape index (κ2) is 10.0. The normalized spacial score (nSPS) is 18.0. The van der Waals surface area contributed by atoms with E-state index in [1.54, 1.807) is 54.7 Å². The molecule has 0 radical (unpaired) electrons. The first-order chi connectivity index (χ1) is 15.9. The number of morpholine rings is 1. The SMILES string of the molecule is CC1CN(c2ccc(C(=O)Nc3ccc(Cl)c(NC(=O)c4ccccc4)c3)cn2)CC(C)O1. The number of benzene rings is 2. The molecule has 1 aliphatic heterocycles. The predicted octanol–water partition coefficient (Wildman–Crippen LogP) is 4.85. The van der Waals surface area contributed by atoms with Gasteiger partial charge in [0.2, 0.25) is 0 Å². The summed E-state index contributed by atoms with van der Waals surface area (Å²) in [5.74, 6) is 0.221. The van der Waals surface area contributed by atoms with Crippen LogP contribution < -0.4 is 15.5 Å². The van der Waals surface area contributed by atoms with Gasteiger partial charge < -0.3 is 20.3 Å². The van der Waals surface area contributed by atoms with E-state index in [9.17, 15) is 9.59 Å². The first-order valence-corrected chi connectivity index (χ1v) is 11.1. The summed E-state index contributed by atoms with van der Waals surface area (Å²) in [5, 5.41) is 5.98. The van der Waals surface area contributed by atoms with Crippen LogP contribution in [0.5, 0.6) is 0 Å². The number of nitrogens with zero attached hydrogens (tertiary/aromatic N) is 2. The third kappa shape index (κ3) is 5.69. The molecule has 1 saturated heterocycles. The summed E-state index contributed by atoms with van der Waals surface area (Å²) in [5.41, 5.74) is 1.86. The van der Waals surface area contributed by atoms with Gasteiger partial charge in [0, 0.05) is 30.5 Å². The lowest BCUT2D eigenvalue weighted by Crippen LogP contribution is -2.45. The van der Waals surface area contributed by atoms with Crippen molar-refractivity contribution in [2.45, 2.75) is 26.1 Å². The molecular formula is C25H25ClN4O3. The minimum Gasteiger partial charge on any atom is -0.372 e. The van der Waals surface area contributed by atoms with Crippen LogP contribution in [0.2, 0.25) is 5.02 Å². The van der Waals surface area contributed by atoms with Gasteiger partial charge in [-0.25, -0.2) is 4.98 Å². The van der Waals surface area contributed by atoms with Gasteiger partial charge in [0.1, 0.15) is 5.82 Å². The van der Waals surface area contributed by atoms with E-state index in [0.29, 0.717) is 27.5 Å². The Morgan fingerprint density at radius 1 is 0.939 bits per heavy atom. The first kappa shape index (κ1) is 22.8. The van der Waals surface area contributed by atoms with Crippen molar-refractivity contribution in [3.8, 4) is 0 Å². The molecular weight excluding hydrogens is 440 g/mol. The highest BCUT2D eigenvalue weighted by Crippen LogP contribution is 2.27. The van der Waals surface area contributed by atoms with E-state index < -0.39 is 0 Å². The van der Waals surface area contributed by atoms with E-state index in [-0.39, 0.29) is 24.0 Å². The Balaban J connectivity index is 1.43. The van der Waals surface area contributed by atoms with Crippen molar-refractivity contribution in [3.05, 3.63) is 83.0 Å². The van der Waals surface area contributed by atoms with Crippen LogP contribution >= 0.6 is 11.6 Å². The van der Waals surface area contributed by atoms with Crippen LogP contribution in [0.15, 0.2) is 66.9 Å². The minimum atomic E-state index is -0.305. The number of rotatable bonds is 5. The molecule has 0 spiro atoms. The maximum Gasteiger partial charge on any atom is 0.257 e. The summed E-state index contributed by atoms with van der Waals surface area (Å²) in [6, 6.07) is 17.3. The summed E-state index contributed by atoms with van der Waals surface area (Å²) in [7, 11) is 0. The predicted molar refractivity (Wildman–Crippen MR) is 130 cm³/mol. The molecule has 7 nitrogen and oxygen atoms in total. The molecule has 0 saturated carbocycles. The number of pyridine rings is 1. The van der Waals surface area contributed by atoms with Gasteiger partial charge in [0.15, 0.2) is 0 Å². The minimum absolute atomic E-state index is 0.125. The summed E-state index contributed by atoms with van der Waals surface area (Å²) in [6.07, 6.45) is 1.81. The van der Waals surface area contributed by atoms with E-state index in [1.807, 2.05) is 26.0 Å². The molecule has 2 heterocycles. The number of halogens is 1. The number of carbonyl (C=O) groups excluding carboxylic acids is 2. The van der Waals surface area contributed by atoms with Crippen LogP contribution in [0.25, 0.3) is 0 Å². The van der Waals surface area contributed by atoms with Crippen molar-refractivity contribution < 1.29 is 14.3 Å². The fraction of sp³-hybridized carbons (Fsp3) is 0.240. The molecule has 3 aromatic rings. The maximum atomic E-state index is 12.7. The molecule has 2 N–H and O–H groups in total. The van der Waals surface area contributed by atoms with Crippen molar-refractivity contribution in [3.63, 3.8) is 0 Å². The molecule has 4 rings (SSSR count). The van der Waals surface area contributed by atoms with Gasteiger partial charge in [-0.3, -0.25) is 9.59 Å². The Morgan fingerprint density at radius 3 is 2.30 bits per heavy atom. The highest BCUT2D eigenvalue weighted by molar-refractivity contribution is 6.34. The zero-order valence-corrected chi connectivity index (χ0v) is 19.2. The van der Waals surface area contributed by atoms with E-state index in [4.69, 9.17) is 16.3 Å². The van der Waals surface area contributed by atoms with Crippen molar-refractivity contribution in [1.29, 1.82) is 0 Å². The van der Waals surface area contributed by atoms with Gasteiger partial charge in [-0.1, -0.05) is 29.8 Å². The van der Waals surface area contributed by atoms with Crippen molar-refractivity contribution >= 4 is 40.6 Å². The molecule has 1 aromatic heterocycles. The van der Waals surface area contributed by atoms with Gasteiger partial charge in [-0.2, -0.15) is 0 Å². The van der Waals surface area contributed by atoms with Crippen molar-refractivity contribution in [1.82, 2.24) is 4.98 Å². The summed E-state index contributed by atoms with van der Waals surface area (Å²) >= 11 is 6.24. The van der Waals surface area contributed by atoms with Crippen LogP contribution in [0, 0.1) is 0 Å².